The van der Waals surface area contributed by atoms with E-state index in [2.05, 4.69) is 15.9 Å². The fraction of sp³-hybridized carbons (Fsp3) is 0.500. The lowest BCUT2D eigenvalue weighted by Gasteiger charge is -2.25. The van der Waals surface area contributed by atoms with Gasteiger partial charge in [0.1, 0.15) is 16.7 Å². The Balaban J connectivity index is 2.31. The van der Waals surface area contributed by atoms with Crippen LogP contribution in [-0.4, -0.2) is 18.2 Å². The first-order chi connectivity index (χ1) is 8.63. The molecule has 0 saturated heterocycles. The van der Waals surface area contributed by atoms with Gasteiger partial charge in [-0.3, -0.25) is 0 Å². The molecule has 1 aromatic rings. The van der Waals surface area contributed by atoms with Crippen molar-refractivity contribution in [2.75, 3.05) is 0 Å². The molecule has 2 rings (SSSR count). The van der Waals surface area contributed by atoms with Crippen molar-refractivity contribution in [3.8, 4) is 5.75 Å². The van der Waals surface area contributed by atoms with Gasteiger partial charge < -0.3 is 4.74 Å². The molecule has 1 heterocycles. The van der Waals surface area contributed by atoms with E-state index in [9.17, 15) is 22.0 Å². The third kappa shape index (κ3) is 2.57. The van der Waals surface area contributed by atoms with E-state index in [0.717, 1.165) is 0 Å². The summed E-state index contributed by atoms with van der Waals surface area (Å²) in [4.78, 5) is -2.11. The molecule has 1 aliphatic rings. The fourth-order valence-electron chi connectivity index (χ4n) is 1.95. The van der Waals surface area contributed by atoms with Crippen LogP contribution in [0.15, 0.2) is 18.2 Å². The molecule has 0 aliphatic carbocycles. The molecular formula is C12H10BrF5O. The Labute approximate surface area is 114 Å². The van der Waals surface area contributed by atoms with E-state index in [-0.39, 0.29) is 11.7 Å². The average Bonchev–Trinajstić information content (AvgIpc) is 2.65. The molecule has 0 bridgehead atoms. The Morgan fingerprint density at radius 3 is 2.47 bits per heavy atom. The van der Waals surface area contributed by atoms with Crippen molar-refractivity contribution < 1.29 is 26.7 Å². The van der Waals surface area contributed by atoms with Gasteiger partial charge in [-0.25, -0.2) is 0 Å². The maximum Gasteiger partial charge on any atom is 0.454 e. The standard InChI is InChI=1S/C12H10BrF5O/c1-6-4-8-5-7(2-3-9(8)19-6)10(13)11(14,15)12(16,17)18/h2-3,5-6,10H,4H2,1H3. The molecule has 0 spiro atoms. The van der Waals surface area contributed by atoms with Crippen LogP contribution in [0, 0.1) is 0 Å². The highest BCUT2D eigenvalue weighted by Crippen LogP contribution is 2.49. The van der Waals surface area contributed by atoms with Gasteiger partial charge in [0.2, 0.25) is 0 Å². The van der Waals surface area contributed by atoms with E-state index in [1.54, 1.807) is 6.92 Å². The van der Waals surface area contributed by atoms with E-state index in [1.165, 1.54) is 18.2 Å². The minimum atomic E-state index is -5.59. The SMILES string of the molecule is CC1Cc2cc(C(Br)C(F)(F)C(F)(F)F)ccc2O1. The monoisotopic (exact) mass is 344 g/mol. The second kappa shape index (κ2) is 4.61. The summed E-state index contributed by atoms with van der Waals surface area (Å²) < 4.78 is 68.7. The summed E-state index contributed by atoms with van der Waals surface area (Å²) in [5, 5.41) is 0. The summed E-state index contributed by atoms with van der Waals surface area (Å²) in [5.74, 6) is -4.29. The van der Waals surface area contributed by atoms with Gasteiger partial charge in [-0.05, 0) is 24.1 Å². The van der Waals surface area contributed by atoms with Crippen LogP contribution >= 0.6 is 15.9 Å². The van der Waals surface area contributed by atoms with Crippen LogP contribution in [0.1, 0.15) is 22.9 Å². The van der Waals surface area contributed by atoms with Crippen LogP contribution in [0.3, 0.4) is 0 Å². The summed E-state index contributed by atoms with van der Waals surface area (Å²) in [6.45, 7) is 1.80. The minimum absolute atomic E-state index is 0.0952. The lowest BCUT2D eigenvalue weighted by atomic mass is 10.0. The second-order valence-electron chi connectivity index (χ2n) is 4.48. The van der Waals surface area contributed by atoms with Gasteiger partial charge in [-0.2, -0.15) is 22.0 Å². The summed E-state index contributed by atoms with van der Waals surface area (Å²) in [6, 6.07) is 3.97. The van der Waals surface area contributed by atoms with Crippen molar-refractivity contribution in [2.24, 2.45) is 0 Å². The molecule has 1 nitrogen and oxygen atoms in total. The lowest BCUT2D eigenvalue weighted by molar-refractivity contribution is -0.281. The van der Waals surface area contributed by atoms with E-state index in [4.69, 9.17) is 4.74 Å². The molecule has 2 atom stereocenters. The number of hydrogen-bond donors (Lipinski definition) is 0. The van der Waals surface area contributed by atoms with Crippen LogP contribution in [-0.2, 0) is 6.42 Å². The van der Waals surface area contributed by atoms with Gasteiger partial charge >= 0.3 is 12.1 Å². The minimum Gasteiger partial charge on any atom is -0.490 e. The quantitative estimate of drug-likeness (QED) is 0.560. The molecule has 7 heteroatoms. The van der Waals surface area contributed by atoms with Crippen molar-refractivity contribution in [3.05, 3.63) is 29.3 Å². The van der Waals surface area contributed by atoms with E-state index in [1.807, 2.05) is 0 Å². The zero-order valence-corrected chi connectivity index (χ0v) is 11.4. The van der Waals surface area contributed by atoms with Gasteiger partial charge in [-0.1, -0.05) is 28.1 Å². The zero-order chi connectivity index (χ0) is 14.4. The number of halogens is 6. The average molecular weight is 345 g/mol. The molecule has 0 aromatic heterocycles. The molecule has 0 radical (unpaired) electrons. The molecule has 0 saturated carbocycles. The Kier molecular flexibility index (Phi) is 3.53. The molecule has 0 amide bonds. The van der Waals surface area contributed by atoms with Crippen LogP contribution in [0.25, 0.3) is 0 Å². The van der Waals surface area contributed by atoms with Crippen molar-refractivity contribution in [3.63, 3.8) is 0 Å². The normalized spacial score (nSPS) is 20.9. The topological polar surface area (TPSA) is 9.23 Å². The van der Waals surface area contributed by atoms with Crippen LogP contribution in [0.2, 0.25) is 0 Å². The molecule has 1 aromatic carbocycles. The number of benzene rings is 1. The van der Waals surface area contributed by atoms with Crippen molar-refractivity contribution in [2.45, 2.75) is 36.4 Å². The van der Waals surface area contributed by atoms with Crippen LogP contribution in [0.4, 0.5) is 22.0 Å². The van der Waals surface area contributed by atoms with Crippen molar-refractivity contribution >= 4 is 15.9 Å². The highest BCUT2D eigenvalue weighted by atomic mass is 79.9. The number of alkyl halides is 6. The summed E-state index contributed by atoms with van der Waals surface area (Å²) in [6.07, 6.45) is -5.19. The summed E-state index contributed by atoms with van der Waals surface area (Å²) in [5.41, 5.74) is 0.534. The number of ether oxygens (including phenoxy) is 1. The smallest absolute Gasteiger partial charge is 0.454 e. The Morgan fingerprint density at radius 2 is 1.89 bits per heavy atom. The highest BCUT2D eigenvalue weighted by molar-refractivity contribution is 9.09. The molecule has 0 N–H and O–H groups in total. The van der Waals surface area contributed by atoms with Gasteiger partial charge in [0, 0.05) is 6.42 Å². The first kappa shape index (κ1) is 14.6. The second-order valence-corrected chi connectivity index (χ2v) is 5.40. The third-order valence-corrected chi connectivity index (χ3v) is 4.01. The number of fused-ring (bicyclic) bond motifs is 1. The van der Waals surface area contributed by atoms with Crippen LogP contribution in [0.5, 0.6) is 5.75 Å². The predicted octanol–water partition coefficient (Wildman–Crippen LogP) is 4.64. The first-order valence-corrected chi connectivity index (χ1v) is 6.42. The van der Waals surface area contributed by atoms with Crippen molar-refractivity contribution in [1.29, 1.82) is 0 Å². The van der Waals surface area contributed by atoms with Crippen LogP contribution < -0.4 is 4.74 Å². The van der Waals surface area contributed by atoms with E-state index < -0.39 is 16.9 Å². The highest BCUT2D eigenvalue weighted by Gasteiger charge is 2.62. The Bertz CT molecular complexity index is 485. The number of rotatable bonds is 2. The largest absolute Gasteiger partial charge is 0.490 e. The maximum absolute atomic E-state index is 13.2. The van der Waals surface area contributed by atoms with Gasteiger partial charge in [0.15, 0.2) is 0 Å². The molecule has 106 valence electrons. The first-order valence-electron chi connectivity index (χ1n) is 5.51. The Morgan fingerprint density at radius 1 is 1.26 bits per heavy atom. The van der Waals surface area contributed by atoms with Crippen molar-refractivity contribution in [1.82, 2.24) is 0 Å². The summed E-state index contributed by atoms with van der Waals surface area (Å²) in [7, 11) is 0. The number of hydrogen-bond acceptors (Lipinski definition) is 1. The molecule has 2 unspecified atom stereocenters. The van der Waals surface area contributed by atoms with Gasteiger partial charge in [0.05, 0.1) is 0 Å². The molecule has 1 aliphatic heterocycles. The predicted molar refractivity (Wildman–Crippen MR) is 62.9 cm³/mol. The van der Waals surface area contributed by atoms with Gasteiger partial charge in [0.25, 0.3) is 0 Å². The van der Waals surface area contributed by atoms with Gasteiger partial charge in [-0.15, -0.1) is 0 Å². The van der Waals surface area contributed by atoms with E-state index >= 15 is 0 Å². The zero-order valence-electron chi connectivity index (χ0n) is 9.77. The third-order valence-electron chi connectivity index (χ3n) is 2.91. The Hall–Kier alpha value is -0.850. The molecule has 0 fully saturated rings. The molecular weight excluding hydrogens is 335 g/mol. The maximum atomic E-state index is 13.2. The molecule has 19 heavy (non-hydrogen) atoms. The summed E-state index contributed by atoms with van der Waals surface area (Å²) >= 11 is 2.46. The fourth-order valence-corrected chi connectivity index (χ4v) is 2.50. The van der Waals surface area contributed by atoms with E-state index in [0.29, 0.717) is 17.7 Å². The lowest BCUT2D eigenvalue weighted by Crippen LogP contribution is -2.39.